The molecule has 0 aliphatic heterocycles. The van der Waals surface area contributed by atoms with Crippen molar-refractivity contribution < 1.29 is 91.3 Å². The predicted octanol–water partition coefficient (Wildman–Crippen LogP) is 11.0. The third-order valence-electron chi connectivity index (χ3n) is 17.2. The summed E-state index contributed by atoms with van der Waals surface area (Å²) in [6, 6.07) is 39.6. The highest BCUT2D eigenvalue weighted by molar-refractivity contribution is 6.30. The lowest BCUT2D eigenvalue weighted by Crippen LogP contribution is -2.41. The maximum absolute atomic E-state index is 13.6. The van der Waals surface area contributed by atoms with Gasteiger partial charge in [-0.15, -0.1) is 0 Å². The molecule has 606 valence electrons. The molecule has 0 saturated heterocycles. The molecule has 9 aromatic rings. The fraction of sp³-hybridized carbons (Fsp3) is 0.341. The van der Waals surface area contributed by atoms with Gasteiger partial charge in [0, 0.05) is 42.4 Å². The topological polar surface area (TPSA) is 395 Å². The molecule has 0 fully saturated rings. The van der Waals surface area contributed by atoms with Gasteiger partial charge in [0.05, 0.1) is 93.5 Å². The minimum absolute atomic E-state index is 0.0525. The van der Waals surface area contributed by atoms with E-state index in [1.54, 1.807) is 129 Å². The van der Waals surface area contributed by atoms with Crippen molar-refractivity contribution in [2.75, 3.05) is 62.3 Å². The number of nitrogens with zero attached hydrogens (tertiary/aromatic N) is 6. The predicted molar refractivity (Wildman–Crippen MR) is 424 cm³/mol. The fourth-order valence-electron chi connectivity index (χ4n) is 12.2. The minimum atomic E-state index is -1.16. The molecule has 32 heteroatoms. The van der Waals surface area contributed by atoms with Crippen molar-refractivity contribution in [1.82, 2.24) is 61.2 Å². The number of benzene rings is 6. The van der Waals surface area contributed by atoms with Crippen molar-refractivity contribution in [3.05, 3.63) is 179 Å². The molecule has 3 aromatic heterocycles. The number of hydrogen-bond acceptors (Lipinski definition) is 18. The normalized spacial score (nSPS) is 11.6. The first-order valence-corrected chi connectivity index (χ1v) is 36.7. The molecule has 6 amide bonds. The van der Waals surface area contributed by atoms with E-state index in [0.29, 0.717) is 104 Å². The summed E-state index contributed by atoms with van der Waals surface area (Å²) in [5.41, 5.74) is 6.67. The van der Waals surface area contributed by atoms with Gasteiger partial charge in [0.15, 0.2) is 17.1 Å². The molecule has 3 atom stereocenters. The van der Waals surface area contributed by atoms with Crippen LogP contribution in [0.3, 0.4) is 0 Å². The highest BCUT2D eigenvalue weighted by atomic mass is 35.5. The smallest absolute Gasteiger partial charge is 0.322 e. The number of aromatic nitrogens is 6. The van der Waals surface area contributed by atoms with Gasteiger partial charge in [0.25, 0.3) is 17.7 Å². The zero-order valence-electron chi connectivity index (χ0n) is 65.6. The van der Waals surface area contributed by atoms with Gasteiger partial charge in [-0.25, -0.2) is 18.4 Å². The third kappa shape index (κ3) is 25.4. The number of rotatable bonds is 36. The Morgan fingerprint density at radius 2 is 0.640 bits per heavy atom. The molecule has 0 saturated carbocycles. The van der Waals surface area contributed by atoms with Gasteiger partial charge in [-0.2, -0.15) is 15.3 Å². The number of amides is 6. The first-order valence-electron chi connectivity index (χ1n) is 36.3. The lowest BCUT2D eigenvalue weighted by Gasteiger charge is -2.19. The molecular formula is C82H96ClFN12O18. The van der Waals surface area contributed by atoms with Crippen LogP contribution in [-0.4, -0.2) is 178 Å². The van der Waals surface area contributed by atoms with Crippen LogP contribution in [0.25, 0.3) is 50.8 Å². The van der Waals surface area contributed by atoms with Crippen molar-refractivity contribution in [2.45, 2.75) is 105 Å². The van der Waals surface area contributed by atoms with Gasteiger partial charge in [0.1, 0.15) is 59.9 Å². The van der Waals surface area contributed by atoms with Crippen LogP contribution >= 0.6 is 11.6 Å². The van der Waals surface area contributed by atoms with E-state index in [0.717, 1.165) is 11.3 Å². The van der Waals surface area contributed by atoms with Gasteiger partial charge in [-0.3, -0.25) is 43.2 Å². The largest absolute Gasteiger partial charge is 0.496 e. The van der Waals surface area contributed by atoms with Gasteiger partial charge in [-0.05, 0) is 159 Å². The molecule has 0 aliphatic carbocycles. The maximum atomic E-state index is 13.6. The zero-order valence-corrected chi connectivity index (χ0v) is 66.3. The summed E-state index contributed by atoms with van der Waals surface area (Å²) in [4.78, 5) is 109. The SMILES string of the molecule is COc1cccc(OC)c1-c1cc(C(=O)N[C@H](CC(=O)NCC(=O)O)CC(C)C)nn1-c1ccc(C)cc1.COc1cccc(OC)c1-c1cc(C(=O)N[C@H](CC(=O)NCC(=O)O)CC(C)C)nn1-c1ccc(Cl)cc1.COc1cccc(OC)c1-c1cc(C(=O)N[C@H](CC(=O)NCC(=O)O)CC(C)C)nn1-c1ccc(F)cc1. The van der Waals surface area contributed by atoms with Crippen LogP contribution in [0.15, 0.2) is 146 Å². The van der Waals surface area contributed by atoms with Crippen LogP contribution < -0.4 is 60.3 Å². The van der Waals surface area contributed by atoms with Crippen LogP contribution in [0, 0.1) is 30.5 Å². The molecule has 0 bridgehead atoms. The van der Waals surface area contributed by atoms with Crippen LogP contribution in [0.2, 0.25) is 5.02 Å². The van der Waals surface area contributed by atoms with E-state index in [-0.39, 0.29) is 54.1 Å². The summed E-state index contributed by atoms with van der Waals surface area (Å²) >= 11 is 6.09. The van der Waals surface area contributed by atoms with Gasteiger partial charge < -0.3 is 75.6 Å². The number of carbonyl (C=O) groups excluding carboxylic acids is 6. The van der Waals surface area contributed by atoms with E-state index in [1.165, 1.54) is 43.2 Å². The van der Waals surface area contributed by atoms with Crippen molar-refractivity contribution in [1.29, 1.82) is 0 Å². The number of hydrogen-bond donors (Lipinski definition) is 9. The van der Waals surface area contributed by atoms with E-state index in [2.05, 4.69) is 47.2 Å². The fourth-order valence-corrected chi connectivity index (χ4v) is 12.4. The highest BCUT2D eigenvalue weighted by Gasteiger charge is 2.30. The number of nitrogens with one attached hydrogen (secondary N) is 6. The molecule has 9 N–H and O–H groups in total. The second kappa shape index (κ2) is 42.6. The Labute approximate surface area is 664 Å². The molecule has 0 unspecified atom stereocenters. The Morgan fingerprint density at radius 1 is 0.395 bits per heavy atom. The summed E-state index contributed by atoms with van der Waals surface area (Å²) < 4.78 is 51.9. The summed E-state index contributed by atoms with van der Waals surface area (Å²) in [5.74, 6) is -3.11. The number of methoxy groups -OCH3 is 6. The number of carboxylic acids is 3. The summed E-state index contributed by atoms with van der Waals surface area (Å²) in [6.45, 7) is 12.3. The molecular weight excluding hydrogens is 1500 g/mol. The lowest BCUT2D eigenvalue weighted by molar-refractivity contribution is -0.138. The van der Waals surface area contributed by atoms with Crippen molar-refractivity contribution >= 4 is 65.0 Å². The third-order valence-corrected chi connectivity index (χ3v) is 17.4. The van der Waals surface area contributed by atoms with Crippen LogP contribution in [0.1, 0.15) is 117 Å². The second-order valence-corrected chi connectivity index (χ2v) is 27.8. The van der Waals surface area contributed by atoms with E-state index in [1.807, 2.05) is 78.8 Å². The van der Waals surface area contributed by atoms with E-state index < -0.39 is 96.9 Å². The first kappa shape index (κ1) is 88.4. The molecule has 0 radical (unpaired) electrons. The molecule has 114 heavy (non-hydrogen) atoms. The Hall–Kier alpha value is -12.8. The van der Waals surface area contributed by atoms with Crippen LogP contribution in [-0.2, 0) is 28.8 Å². The molecule has 30 nitrogen and oxygen atoms in total. The van der Waals surface area contributed by atoms with Crippen LogP contribution in [0.4, 0.5) is 4.39 Å². The average Bonchev–Trinajstić information content (AvgIpc) is 1.64. The lowest BCUT2D eigenvalue weighted by atomic mass is 10.0. The Balaban J connectivity index is 0.000000237. The number of ether oxygens (including phenoxy) is 6. The Kier molecular flexibility index (Phi) is 33.0. The Morgan fingerprint density at radius 3 is 0.877 bits per heavy atom. The number of halogens is 2. The van der Waals surface area contributed by atoms with Crippen molar-refractivity contribution in [2.24, 2.45) is 17.8 Å². The monoisotopic (exact) mass is 1590 g/mol. The molecule has 9 rings (SSSR count). The molecule has 6 aromatic carbocycles. The average molecular weight is 1590 g/mol. The number of carbonyl (C=O) groups is 9. The van der Waals surface area contributed by atoms with Crippen molar-refractivity contribution in [3.8, 4) is 85.3 Å². The number of carboxylic acid groups (broad SMARTS) is 3. The molecule has 0 spiro atoms. The van der Waals surface area contributed by atoms with Gasteiger partial charge in [-0.1, -0.05) is 89.0 Å². The second-order valence-electron chi connectivity index (χ2n) is 27.4. The quantitative estimate of drug-likeness (QED) is 0.0176. The van der Waals surface area contributed by atoms with E-state index in [9.17, 15) is 47.5 Å². The standard InChI is InChI=1S/C28H34N4O6.C27H31ClN4O6.C27H31FN4O6/c1-17(2)13-19(14-25(33)29-16-26(34)35)30-28(36)21-15-22(27-23(37-4)7-6-8-24(27)38-5)32(31-21)20-11-9-18(3)10-12-20;2*1-16(2)12-18(13-24(33)29-15-25(34)35)30-27(36)20-14-21(26-22(37-3)6-5-7-23(26)38-4)32(31-20)19-10-8-17(28)9-11-19/h6-12,15,17,19H,13-14,16H2,1-5H3,(H,29,33)(H,30,36)(H,34,35);2*5-11,14,16,18H,12-13,15H2,1-4H3,(H,29,33)(H,30,36)(H,34,35)/t19-;2*18-/m000/s1. The van der Waals surface area contributed by atoms with Gasteiger partial charge in [0.2, 0.25) is 17.7 Å². The first-order chi connectivity index (χ1) is 54.4. The van der Waals surface area contributed by atoms with E-state index >= 15 is 0 Å². The number of aryl methyl sites for hydroxylation is 1. The summed E-state index contributed by atoms with van der Waals surface area (Å²) in [6.07, 6.45) is 1.31. The summed E-state index contributed by atoms with van der Waals surface area (Å²) in [7, 11) is 9.23. The summed E-state index contributed by atoms with van der Waals surface area (Å²) in [5, 5.41) is 56.4. The zero-order chi connectivity index (χ0) is 83.5. The maximum Gasteiger partial charge on any atom is 0.322 e. The highest BCUT2D eigenvalue weighted by Crippen LogP contribution is 2.43. The van der Waals surface area contributed by atoms with Gasteiger partial charge >= 0.3 is 17.9 Å². The van der Waals surface area contributed by atoms with Crippen molar-refractivity contribution in [3.63, 3.8) is 0 Å². The minimum Gasteiger partial charge on any atom is -0.496 e. The molecule has 3 heterocycles. The van der Waals surface area contributed by atoms with E-state index in [4.69, 9.17) is 55.3 Å². The Bertz CT molecular complexity index is 4270. The molecule has 0 aliphatic rings. The van der Waals surface area contributed by atoms with Crippen LogP contribution in [0.5, 0.6) is 34.5 Å². The number of aliphatic carboxylic acids is 3.